The van der Waals surface area contributed by atoms with E-state index >= 15 is 0 Å². The highest BCUT2D eigenvalue weighted by Gasteiger charge is 2.41. The van der Waals surface area contributed by atoms with Crippen molar-refractivity contribution >= 4 is 17.3 Å². The maximum absolute atomic E-state index is 13.5. The zero-order valence-electron chi connectivity index (χ0n) is 11.2. The zero-order chi connectivity index (χ0) is 15.2. The third-order valence-electron chi connectivity index (χ3n) is 2.94. The second-order valence-corrected chi connectivity index (χ2v) is 4.86. The summed E-state index contributed by atoms with van der Waals surface area (Å²) in [7, 11) is 1.52. The number of alkyl halides is 3. The third kappa shape index (κ3) is 4.65. The van der Waals surface area contributed by atoms with Crippen molar-refractivity contribution < 1.29 is 18.6 Å². The van der Waals surface area contributed by atoms with Crippen molar-refractivity contribution in [1.82, 2.24) is 0 Å². The predicted molar refractivity (Wildman–Crippen MR) is 76.6 cm³/mol. The van der Waals surface area contributed by atoms with Crippen LogP contribution in [0.5, 0.6) is 5.75 Å². The first-order valence-electron chi connectivity index (χ1n) is 6.11. The third-order valence-corrected chi connectivity index (χ3v) is 3.18. The van der Waals surface area contributed by atoms with E-state index in [4.69, 9.17) is 16.3 Å². The average Bonchev–Trinajstić information content (AvgIpc) is 2.42. The highest BCUT2D eigenvalue weighted by molar-refractivity contribution is 6.22. The van der Waals surface area contributed by atoms with Gasteiger partial charge >= 0.3 is 5.38 Å². The van der Waals surface area contributed by atoms with Crippen molar-refractivity contribution in [3.05, 3.63) is 36.9 Å². The van der Waals surface area contributed by atoms with Crippen molar-refractivity contribution in [1.29, 1.82) is 0 Å². The van der Waals surface area contributed by atoms with Gasteiger partial charge < -0.3 is 15.2 Å². The molecule has 0 saturated carbocycles. The van der Waals surface area contributed by atoms with Gasteiger partial charge in [-0.05, 0) is 42.3 Å². The largest absolute Gasteiger partial charge is 0.497 e. The Kier molecular flexibility index (Phi) is 6.23. The summed E-state index contributed by atoms with van der Waals surface area (Å²) in [6, 6.07) is 5.11. The minimum absolute atomic E-state index is 0.229. The number of methoxy groups -OCH3 is 1. The highest BCUT2D eigenvalue weighted by atomic mass is 35.5. The van der Waals surface area contributed by atoms with E-state index in [1.54, 1.807) is 24.3 Å². The lowest BCUT2D eigenvalue weighted by atomic mass is 9.96. The van der Waals surface area contributed by atoms with Gasteiger partial charge in [-0.2, -0.15) is 8.78 Å². The lowest BCUT2D eigenvalue weighted by molar-refractivity contribution is 0.0370. The summed E-state index contributed by atoms with van der Waals surface area (Å²) in [5.41, 5.74) is 0.471. The Morgan fingerprint density at radius 2 is 2.05 bits per heavy atom. The molecule has 2 atom stereocenters. The van der Waals surface area contributed by atoms with Gasteiger partial charge in [0.2, 0.25) is 0 Å². The Labute approximate surface area is 122 Å². The van der Waals surface area contributed by atoms with E-state index in [-0.39, 0.29) is 6.42 Å². The summed E-state index contributed by atoms with van der Waals surface area (Å²) in [6.45, 7) is 3.08. The number of nitrogens with one attached hydrogen (secondary N) is 1. The molecule has 1 aromatic carbocycles. The molecule has 0 amide bonds. The minimum Gasteiger partial charge on any atom is -0.497 e. The second-order valence-electron chi connectivity index (χ2n) is 4.36. The predicted octanol–water partition coefficient (Wildman–Crippen LogP) is 3.49. The molecule has 20 heavy (non-hydrogen) atoms. The van der Waals surface area contributed by atoms with Gasteiger partial charge in [-0.3, -0.25) is 0 Å². The number of aliphatic hydroxyl groups is 1. The van der Waals surface area contributed by atoms with Crippen LogP contribution in [-0.4, -0.2) is 30.2 Å². The van der Waals surface area contributed by atoms with Crippen LogP contribution >= 0.6 is 11.6 Å². The number of anilines is 1. The summed E-state index contributed by atoms with van der Waals surface area (Å²) in [5.74, 6) is -0.114. The Balaban J connectivity index is 2.90. The lowest BCUT2D eigenvalue weighted by Gasteiger charge is -2.30. The van der Waals surface area contributed by atoms with Crippen LogP contribution in [0.25, 0.3) is 0 Å². The molecule has 3 nitrogen and oxygen atoms in total. The van der Waals surface area contributed by atoms with Gasteiger partial charge in [-0.25, -0.2) is 0 Å². The molecule has 1 rings (SSSR count). The fraction of sp³-hybridized carbons (Fsp3) is 0.429. The zero-order valence-corrected chi connectivity index (χ0v) is 11.9. The Hall–Kier alpha value is -1.33. The molecule has 6 heteroatoms. The van der Waals surface area contributed by atoms with Gasteiger partial charge in [0.05, 0.1) is 7.11 Å². The first-order chi connectivity index (χ1) is 9.42. The molecule has 0 saturated heterocycles. The van der Waals surface area contributed by atoms with Crippen LogP contribution in [-0.2, 0) is 0 Å². The van der Waals surface area contributed by atoms with E-state index in [2.05, 4.69) is 11.9 Å². The Morgan fingerprint density at radius 3 is 2.45 bits per heavy atom. The number of ether oxygens (including phenoxy) is 1. The molecule has 0 spiro atoms. The molecule has 0 aromatic heterocycles. The van der Waals surface area contributed by atoms with Crippen LogP contribution < -0.4 is 10.1 Å². The number of allylic oxidation sites excluding steroid dienone is 1. The first-order valence-corrected chi connectivity index (χ1v) is 6.49. The molecule has 0 radical (unpaired) electrons. The molecule has 0 aliphatic heterocycles. The molecule has 112 valence electrons. The summed E-state index contributed by atoms with van der Waals surface area (Å²) >= 11 is 5.15. The second kappa shape index (κ2) is 7.45. The fourth-order valence-corrected chi connectivity index (χ4v) is 2.10. The standard InChI is InChI=1S/C14H18ClF2NO2/c1-3-4-10(9-19)13(14(15,16)17)18-11-5-7-12(20-2)8-6-11/h3,5-8,10,13,18-19H,1,4,9H2,2H3/t10-,13-/m0/s1. The molecule has 0 fully saturated rings. The topological polar surface area (TPSA) is 41.5 Å². The summed E-state index contributed by atoms with van der Waals surface area (Å²) < 4.78 is 32.0. The lowest BCUT2D eigenvalue weighted by Crippen LogP contribution is -2.43. The number of rotatable bonds is 8. The van der Waals surface area contributed by atoms with Crippen molar-refractivity contribution in [3.63, 3.8) is 0 Å². The van der Waals surface area contributed by atoms with Crippen LogP contribution in [0.2, 0.25) is 0 Å². The molecule has 2 N–H and O–H groups in total. The molecular formula is C14H18ClF2NO2. The molecule has 1 aromatic rings. The molecule has 0 unspecified atom stereocenters. The summed E-state index contributed by atoms with van der Waals surface area (Å²) in [5, 5.41) is 8.42. The van der Waals surface area contributed by atoms with Gasteiger partial charge in [0.15, 0.2) is 0 Å². The molecule has 0 heterocycles. The highest BCUT2D eigenvalue weighted by Crippen LogP contribution is 2.33. The average molecular weight is 306 g/mol. The number of hydrogen-bond donors (Lipinski definition) is 2. The van der Waals surface area contributed by atoms with E-state index in [1.165, 1.54) is 13.2 Å². The van der Waals surface area contributed by atoms with Gasteiger partial charge in [-0.1, -0.05) is 6.08 Å². The molecule has 0 bridgehead atoms. The van der Waals surface area contributed by atoms with Crippen LogP contribution in [0, 0.1) is 5.92 Å². The normalized spacial score (nSPS) is 14.4. The van der Waals surface area contributed by atoms with Crippen LogP contribution in [0.3, 0.4) is 0 Å². The Morgan fingerprint density at radius 1 is 1.45 bits per heavy atom. The summed E-state index contributed by atoms with van der Waals surface area (Å²) in [4.78, 5) is 0. The van der Waals surface area contributed by atoms with E-state index in [0.29, 0.717) is 11.4 Å². The number of halogens is 3. The smallest absolute Gasteiger partial charge is 0.341 e. The van der Waals surface area contributed by atoms with E-state index in [0.717, 1.165) is 0 Å². The number of benzene rings is 1. The van der Waals surface area contributed by atoms with Crippen LogP contribution in [0.4, 0.5) is 14.5 Å². The molecule has 0 aliphatic rings. The van der Waals surface area contributed by atoms with Crippen molar-refractivity contribution in [2.45, 2.75) is 17.8 Å². The van der Waals surface area contributed by atoms with Crippen molar-refractivity contribution in [2.24, 2.45) is 5.92 Å². The molecular weight excluding hydrogens is 288 g/mol. The number of aliphatic hydroxyl groups excluding tert-OH is 1. The summed E-state index contributed by atoms with van der Waals surface area (Å²) in [6.07, 6.45) is 1.71. The van der Waals surface area contributed by atoms with Gasteiger partial charge in [0.25, 0.3) is 0 Å². The van der Waals surface area contributed by atoms with Crippen molar-refractivity contribution in [3.8, 4) is 5.75 Å². The van der Waals surface area contributed by atoms with Gasteiger partial charge in [0.1, 0.15) is 11.8 Å². The van der Waals surface area contributed by atoms with Crippen molar-refractivity contribution in [2.75, 3.05) is 19.0 Å². The maximum atomic E-state index is 13.5. The quantitative estimate of drug-likeness (QED) is 0.570. The maximum Gasteiger partial charge on any atom is 0.341 e. The van der Waals surface area contributed by atoms with Crippen LogP contribution in [0.1, 0.15) is 6.42 Å². The van der Waals surface area contributed by atoms with E-state index in [1.807, 2.05) is 0 Å². The Bertz CT molecular complexity index is 420. The van der Waals surface area contributed by atoms with E-state index in [9.17, 15) is 13.9 Å². The first kappa shape index (κ1) is 16.7. The monoisotopic (exact) mass is 305 g/mol. The van der Waals surface area contributed by atoms with Crippen LogP contribution in [0.15, 0.2) is 36.9 Å². The minimum atomic E-state index is -3.49. The van der Waals surface area contributed by atoms with E-state index < -0.39 is 23.9 Å². The SMILES string of the molecule is C=CC[C@@H](CO)[C@H](Nc1ccc(OC)cc1)C(F)(F)Cl. The molecule has 0 aliphatic carbocycles. The number of hydrogen-bond acceptors (Lipinski definition) is 3. The van der Waals surface area contributed by atoms with Gasteiger partial charge in [0, 0.05) is 18.2 Å². The fourth-order valence-electron chi connectivity index (χ4n) is 1.86. The van der Waals surface area contributed by atoms with Gasteiger partial charge in [-0.15, -0.1) is 6.58 Å².